The second kappa shape index (κ2) is 4.29. The quantitative estimate of drug-likeness (QED) is 0.838. The first-order valence-corrected chi connectivity index (χ1v) is 4.98. The molecular formula is C11H15ClO3. The molecule has 84 valence electrons. The zero-order valence-corrected chi connectivity index (χ0v) is 9.80. The molecule has 0 aromatic heterocycles. The Morgan fingerprint density at radius 1 is 1.40 bits per heavy atom. The van der Waals surface area contributed by atoms with Crippen LogP contribution in [-0.4, -0.2) is 23.9 Å². The highest BCUT2D eigenvalue weighted by Gasteiger charge is 2.25. The van der Waals surface area contributed by atoms with Crippen LogP contribution >= 0.6 is 11.6 Å². The van der Waals surface area contributed by atoms with Crippen molar-refractivity contribution in [3.63, 3.8) is 0 Å². The molecule has 3 nitrogen and oxygen atoms in total. The summed E-state index contributed by atoms with van der Waals surface area (Å²) in [6.45, 7) is 3.59. The summed E-state index contributed by atoms with van der Waals surface area (Å²) in [6, 6.07) is 3.34. The number of benzene rings is 1. The van der Waals surface area contributed by atoms with E-state index >= 15 is 0 Å². The molecule has 1 rings (SSSR count). The number of hydrogen-bond acceptors (Lipinski definition) is 3. The molecule has 0 saturated carbocycles. The van der Waals surface area contributed by atoms with Crippen LogP contribution in [0.3, 0.4) is 0 Å². The number of aliphatic hydroxyl groups excluding tert-OH is 1. The third kappa shape index (κ3) is 2.19. The molecule has 0 bridgehead atoms. The van der Waals surface area contributed by atoms with Gasteiger partial charge in [-0.1, -0.05) is 31.5 Å². The van der Waals surface area contributed by atoms with E-state index in [0.717, 1.165) is 0 Å². The zero-order chi connectivity index (χ0) is 11.6. The van der Waals surface area contributed by atoms with E-state index in [1.54, 1.807) is 12.1 Å². The molecule has 4 heteroatoms. The first kappa shape index (κ1) is 12.1. The third-order valence-electron chi connectivity index (χ3n) is 2.41. The van der Waals surface area contributed by atoms with Crippen molar-refractivity contribution in [2.24, 2.45) is 0 Å². The van der Waals surface area contributed by atoms with Gasteiger partial charge in [0, 0.05) is 11.0 Å². The standard InChI is InChI=1S/C11H15ClO3/c1-11(2,6-13)7-4-5-8(12)10(15-3)9(7)14/h4-5,13-14H,6H2,1-3H3. The van der Waals surface area contributed by atoms with Gasteiger partial charge in [0.2, 0.25) is 0 Å². The molecular weight excluding hydrogens is 216 g/mol. The van der Waals surface area contributed by atoms with Crippen molar-refractivity contribution < 1.29 is 14.9 Å². The van der Waals surface area contributed by atoms with Gasteiger partial charge in [-0.25, -0.2) is 0 Å². The molecule has 0 atom stereocenters. The van der Waals surface area contributed by atoms with Gasteiger partial charge in [-0.05, 0) is 6.07 Å². The molecule has 2 N–H and O–H groups in total. The van der Waals surface area contributed by atoms with Gasteiger partial charge in [-0.2, -0.15) is 0 Å². The lowest BCUT2D eigenvalue weighted by molar-refractivity contribution is 0.214. The molecule has 0 saturated heterocycles. The van der Waals surface area contributed by atoms with Crippen LogP contribution in [0.25, 0.3) is 0 Å². The Kier molecular flexibility index (Phi) is 3.47. The lowest BCUT2D eigenvalue weighted by Crippen LogP contribution is -2.22. The van der Waals surface area contributed by atoms with E-state index in [2.05, 4.69) is 0 Å². The Balaban J connectivity index is 3.34. The molecule has 1 aromatic carbocycles. The molecule has 0 aliphatic rings. The molecule has 0 heterocycles. The summed E-state index contributed by atoms with van der Waals surface area (Å²) < 4.78 is 4.99. The molecule has 15 heavy (non-hydrogen) atoms. The normalized spacial score (nSPS) is 11.5. The average molecular weight is 231 g/mol. The first-order valence-electron chi connectivity index (χ1n) is 4.61. The number of halogens is 1. The highest BCUT2D eigenvalue weighted by molar-refractivity contribution is 6.32. The number of phenolic OH excluding ortho intramolecular Hbond substituents is 1. The largest absolute Gasteiger partial charge is 0.504 e. The van der Waals surface area contributed by atoms with Crippen molar-refractivity contribution in [2.45, 2.75) is 19.3 Å². The van der Waals surface area contributed by atoms with Crippen molar-refractivity contribution in [3.05, 3.63) is 22.7 Å². The van der Waals surface area contributed by atoms with E-state index in [1.165, 1.54) is 7.11 Å². The van der Waals surface area contributed by atoms with Crippen molar-refractivity contribution in [1.29, 1.82) is 0 Å². The third-order valence-corrected chi connectivity index (χ3v) is 2.71. The topological polar surface area (TPSA) is 49.7 Å². The van der Waals surface area contributed by atoms with Crippen LogP contribution < -0.4 is 4.74 Å². The Morgan fingerprint density at radius 2 is 2.00 bits per heavy atom. The molecule has 0 fully saturated rings. The van der Waals surface area contributed by atoms with Gasteiger partial charge in [-0.3, -0.25) is 0 Å². The second-order valence-corrected chi connectivity index (χ2v) is 4.43. The Hall–Kier alpha value is -0.930. The van der Waals surface area contributed by atoms with Crippen molar-refractivity contribution in [2.75, 3.05) is 13.7 Å². The summed E-state index contributed by atoms with van der Waals surface area (Å²) in [5.41, 5.74) is 0.0911. The fraction of sp³-hybridized carbons (Fsp3) is 0.455. The maximum atomic E-state index is 9.92. The van der Waals surface area contributed by atoms with Crippen LogP contribution in [0.1, 0.15) is 19.4 Å². The number of aliphatic hydroxyl groups is 1. The van der Waals surface area contributed by atoms with Crippen LogP contribution in [0.5, 0.6) is 11.5 Å². The van der Waals surface area contributed by atoms with Crippen molar-refractivity contribution in [3.8, 4) is 11.5 Å². The zero-order valence-electron chi connectivity index (χ0n) is 9.04. The monoisotopic (exact) mass is 230 g/mol. The van der Waals surface area contributed by atoms with E-state index < -0.39 is 5.41 Å². The molecule has 0 unspecified atom stereocenters. The smallest absolute Gasteiger partial charge is 0.179 e. The fourth-order valence-electron chi connectivity index (χ4n) is 1.37. The fourth-order valence-corrected chi connectivity index (χ4v) is 1.60. The van der Waals surface area contributed by atoms with Crippen LogP contribution in [-0.2, 0) is 5.41 Å². The lowest BCUT2D eigenvalue weighted by atomic mass is 9.85. The van der Waals surface area contributed by atoms with Crippen molar-refractivity contribution >= 4 is 11.6 Å². The van der Waals surface area contributed by atoms with Crippen molar-refractivity contribution in [1.82, 2.24) is 0 Å². The number of hydrogen-bond donors (Lipinski definition) is 2. The number of aromatic hydroxyl groups is 1. The molecule has 0 spiro atoms. The van der Waals surface area contributed by atoms with Gasteiger partial charge in [-0.15, -0.1) is 0 Å². The maximum absolute atomic E-state index is 9.92. The Morgan fingerprint density at radius 3 is 2.47 bits per heavy atom. The Bertz CT molecular complexity index is 361. The number of methoxy groups -OCH3 is 1. The summed E-state index contributed by atoms with van der Waals surface area (Å²) in [6.07, 6.45) is 0. The van der Waals surface area contributed by atoms with Gasteiger partial charge in [0.1, 0.15) is 0 Å². The average Bonchev–Trinajstić information content (AvgIpc) is 2.18. The van der Waals surface area contributed by atoms with Crippen LogP contribution in [0.15, 0.2) is 12.1 Å². The molecule has 0 amide bonds. The highest BCUT2D eigenvalue weighted by Crippen LogP contribution is 2.41. The SMILES string of the molecule is COc1c(Cl)ccc(C(C)(C)CO)c1O. The van der Waals surface area contributed by atoms with Crippen LogP contribution in [0.4, 0.5) is 0 Å². The summed E-state index contributed by atoms with van der Waals surface area (Å²) in [4.78, 5) is 0. The van der Waals surface area contributed by atoms with Gasteiger partial charge in [0.05, 0.1) is 18.7 Å². The summed E-state index contributed by atoms with van der Waals surface area (Å²) in [5, 5.41) is 19.5. The first-order chi connectivity index (χ1) is 6.94. The summed E-state index contributed by atoms with van der Waals surface area (Å²) in [5.74, 6) is 0.236. The molecule has 0 aliphatic heterocycles. The predicted molar refractivity (Wildman–Crippen MR) is 59.8 cm³/mol. The number of phenols is 1. The van der Waals surface area contributed by atoms with E-state index in [0.29, 0.717) is 10.6 Å². The van der Waals surface area contributed by atoms with E-state index in [1.807, 2.05) is 13.8 Å². The predicted octanol–water partition coefficient (Wildman–Crippen LogP) is 2.32. The number of rotatable bonds is 3. The molecule has 0 radical (unpaired) electrons. The minimum Gasteiger partial charge on any atom is -0.504 e. The number of ether oxygens (including phenoxy) is 1. The second-order valence-electron chi connectivity index (χ2n) is 4.02. The van der Waals surface area contributed by atoms with Gasteiger partial charge < -0.3 is 14.9 Å². The van der Waals surface area contributed by atoms with Crippen LogP contribution in [0, 0.1) is 0 Å². The summed E-state index contributed by atoms with van der Waals surface area (Å²) in [7, 11) is 1.44. The van der Waals surface area contributed by atoms with E-state index in [4.69, 9.17) is 16.3 Å². The minimum absolute atomic E-state index is 0.0101. The molecule has 0 aliphatic carbocycles. The Labute approximate surface area is 94.3 Å². The summed E-state index contributed by atoms with van der Waals surface area (Å²) >= 11 is 5.85. The van der Waals surface area contributed by atoms with Gasteiger partial charge in [0.15, 0.2) is 11.5 Å². The minimum atomic E-state index is -0.526. The van der Waals surface area contributed by atoms with E-state index in [-0.39, 0.29) is 18.1 Å². The van der Waals surface area contributed by atoms with E-state index in [9.17, 15) is 10.2 Å². The van der Waals surface area contributed by atoms with Crippen LogP contribution in [0.2, 0.25) is 5.02 Å². The molecule has 1 aromatic rings. The highest BCUT2D eigenvalue weighted by atomic mass is 35.5. The van der Waals surface area contributed by atoms with Gasteiger partial charge in [0.25, 0.3) is 0 Å². The van der Waals surface area contributed by atoms with Gasteiger partial charge >= 0.3 is 0 Å². The lowest BCUT2D eigenvalue weighted by Gasteiger charge is -2.24. The maximum Gasteiger partial charge on any atom is 0.179 e.